The molecule has 0 unspecified atom stereocenters. The maximum absolute atomic E-state index is 11.8. The lowest BCUT2D eigenvalue weighted by molar-refractivity contribution is 0.0980. The van der Waals surface area contributed by atoms with Crippen LogP contribution in [0.4, 0.5) is 0 Å². The second kappa shape index (κ2) is 4.58. The molecule has 0 saturated heterocycles. The summed E-state index contributed by atoms with van der Waals surface area (Å²) in [5, 5.41) is 3.04. The first kappa shape index (κ1) is 11.0. The molecule has 1 aliphatic carbocycles. The van der Waals surface area contributed by atoms with Crippen LogP contribution >= 0.6 is 0 Å². The Morgan fingerprint density at radius 3 is 2.50 bits per heavy atom. The Labute approximate surface area is 94.9 Å². The summed E-state index contributed by atoms with van der Waals surface area (Å²) in [5.41, 5.74) is 2.25. The van der Waals surface area contributed by atoms with Crippen molar-refractivity contribution >= 4 is 11.6 Å². The Balaban J connectivity index is 2.45. The molecule has 1 N–H and O–H groups in total. The van der Waals surface area contributed by atoms with Gasteiger partial charge in [-0.2, -0.15) is 0 Å². The number of Topliss-reactive ketones (excluding diaryl/α,β-unsaturated/α-hetero) is 2. The minimum Gasteiger partial charge on any atom is -0.316 e. The first-order valence-corrected chi connectivity index (χ1v) is 5.56. The highest BCUT2D eigenvalue weighted by molar-refractivity contribution is 6.10. The highest BCUT2D eigenvalue weighted by Crippen LogP contribution is 2.21. The monoisotopic (exact) mass is 217 g/mol. The molecule has 1 aliphatic rings. The fourth-order valence-corrected chi connectivity index (χ4v) is 2.06. The van der Waals surface area contributed by atoms with Crippen LogP contribution in [0, 0.1) is 0 Å². The lowest BCUT2D eigenvalue weighted by atomic mass is 9.98. The topological polar surface area (TPSA) is 46.2 Å². The summed E-state index contributed by atoms with van der Waals surface area (Å²) in [4.78, 5) is 23.6. The molecule has 0 fully saturated rings. The number of ketones is 2. The number of hydrogen-bond donors (Lipinski definition) is 1. The summed E-state index contributed by atoms with van der Waals surface area (Å²) >= 11 is 0. The molecule has 0 atom stereocenters. The van der Waals surface area contributed by atoms with Crippen LogP contribution in [0.2, 0.25) is 0 Å². The fourth-order valence-electron chi connectivity index (χ4n) is 2.06. The van der Waals surface area contributed by atoms with Crippen molar-refractivity contribution in [1.29, 1.82) is 0 Å². The standard InChI is InChI=1S/C13H15NO2/c1-14-8-9-5-6-10-11(7-9)13(16)4-2-3-12(10)15/h5-7,14H,2-4,8H2,1H3. The molecule has 0 saturated carbocycles. The fraction of sp³-hybridized carbons (Fsp3) is 0.385. The number of rotatable bonds is 2. The van der Waals surface area contributed by atoms with Crippen molar-refractivity contribution in [1.82, 2.24) is 5.32 Å². The third-order valence-corrected chi connectivity index (χ3v) is 2.87. The van der Waals surface area contributed by atoms with Crippen molar-refractivity contribution in [2.75, 3.05) is 7.05 Å². The van der Waals surface area contributed by atoms with Gasteiger partial charge in [0, 0.05) is 30.5 Å². The molecule has 2 rings (SSSR count). The molecule has 84 valence electrons. The molecule has 0 aromatic heterocycles. The van der Waals surface area contributed by atoms with Gasteiger partial charge in [0.2, 0.25) is 0 Å². The van der Waals surface area contributed by atoms with Gasteiger partial charge in [0.05, 0.1) is 0 Å². The lowest BCUT2D eigenvalue weighted by Gasteiger charge is -2.06. The van der Waals surface area contributed by atoms with Crippen LogP contribution < -0.4 is 5.32 Å². The zero-order valence-corrected chi connectivity index (χ0v) is 9.38. The Morgan fingerprint density at radius 2 is 1.81 bits per heavy atom. The Kier molecular flexibility index (Phi) is 3.15. The van der Waals surface area contributed by atoms with Crippen LogP contribution in [0.3, 0.4) is 0 Å². The zero-order valence-electron chi connectivity index (χ0n) is 9.38. The van der Waals surface area contributed by atoms with E-state index in [1.165, 1.54) is 0 Å². The quantitative estimate of drug-likeness (QED) is 0.770. The third kappa shape index (κ3) is 2.04. The van der Waals surface area contributed by atoms with E-state index in [1.54, 1.807) is 6.07 Å². The maximum atomic E-state index is 11.8. The van der Waals surface area contributed by atoms with Gasteiger partial charge in [0.25, 0.3) is 0 Å². The van der Waals surface area contributed by atoms with Crippen molar-refractivity contribution in [3.05, 3.63) is 34.9 Å². The van der Waals surface area contributed by atoms with Gasteiger partial charge < -0.3 is 5.32 Å². The summed E-state index contributed by atoms with van der Waals surface area (Å²) in [5.74, 6) is 0.190. The molecule has 0 aliphatic heterocycles. The molecule has 0 radical (unpaired) electrons. The minimum atomic E-state index is 0.0943. The van der Waals surface area contributed by atoms with Crippen LogP contribution in [-0.2, 0) is 6.54 Å². The van der Waals surface area contributed by atoms with E-state index < -0.39 is 0 Å². The normalized spacial score (nSPS) is 15.8. The molecule has 0 heterocycles. The van der Waals surface area contributed by atoms with Gasteiger partial charge in [0.15, 0.2) is 11.6 Å². The highest BCUT2D eigenvalue weighted by atomic mass is 16.1. The average Bonchev–Trinajstić information content (AvgIpc) is 2.41. The molecule has 1 aromatic carbocycles. The molecule has 1 aromatic rings. The lowest BCUT2D eigenvalue weighted by Crippen LogP contribution is -2.09. The number of benzene rings is 1. The Bertz CT molecular complexity index is 438. The van der Waals surface area contributed by atoms with E-state index in [9.17, 15) is 9.59 Å². The third-order valence-electron chi connectivity index (χ3n) is 2.87. The Hall–Kier alpha value is -1.48. The van der Waals surface area contributed by atoms with Crippen molar-refractivity contribution in [2.45, 2.75) is 25.8 Å². The number of nitrogens with one attached hydrogen (secondary N) is 1. The summed E-state index contributed by atoms with van der Waals surface area (Å²) in [6.07, 6.45) is 1.65. The van der Waals surface area contributed by atoms with Gasteiger partial charge in [-0.15, -0.1) is 0 Å². The number of hydrogen-bond acceptors (Lipinski definition) is 3. The molecule has 0 amide bonds. The van der Waals surface area contributed by atoms with Crippen LogP contribution in [0.5, 0.6) is 0 Å². The van der Waals surface area contributed by atoms with Crippen molar-refractivity contribution in [3.63, 3.8) is 0 Å². The van der Waals surface area contributed by atoms with Gasteiger partial charge in [-0.1, -0.05) is 12.1 Å². The minimum absolute atomic E-state index is 0.0943. The van der Waals surface area contributed by atoms with Gasteiger partial charge in [-0.3, -0.25) is 9.59 Å². The van der Waals surface area contributed by atoms with Crippen LogP contribution in [0.15, 0.2) is 18.2 Å². The molecular weight excluding hydrogens is 202 g/mol. The smallest absolute Gasteiger partial charge is 0.163 e. The maximum Gasteiger partial charge on any atom is 0.163 e. The number of carbonyl (C=O) groups is 2. The van der Waals surface area contributed by atoms with E-state index in [4.69, 9.17) is 0 Å². The molecule has 0 spiro atoms. The van der Waals surface area contributed by atoms with Crippen LogP contribution in [0.1, 0.15) is 45.5 Å². The largest absolute Gasteiger partial charge is 0.316 e. The van der Waals surface area contributed by atoms with Gasteiger partial charge in [-0.25, -0.2) is 0 Å². The molecular formula is C13H15NO2. The van der Waals surface area contributed by atoms with E-state index in [0.717, 1.165) is 12.1 Å². The second-order valence-corrected chi connectivity index (χ2v) is 4.11. The zero-order chi connectivity index (χ0) is 11.5. The first-order chi connectivity index (χ1) is 7.72. The van der Waals surface area contributed by atoms with Crippen molar-refractivity contribution in [2.24, 2.45) is 0 Å². The summed E-state index contributed by atoms with van der Waals surface area (Å²) in [6.45, 7) is 0.717. The molecule has 3 nitrogen and oxygen atoms in total. The van der Waals surface area contributed by atoms with E-state index in [2.05, 4.69) is 5.32 Å². The molecule has 3 heteroatoms. The van der Waals surface area contributed by atoms with E-state index in [1.807, 2.05) is 19.2 Å². The van der Waals surface area contributed by atoms with Crippen molar-refractivity contribution in [3.8, 4) is 0 Å². The van der Waals surface area contributed by atoms with Crippen LogP contribution in [0.25, 0.3) is 0 Å². The summed E-state index contributed by atoms with van der Waals surface area (Å²) in [7, 11) is 1.86. The van der Waals surface area contributed by atoms with Crippen molar-refractivity contribution < 1.29 is 9.59 Å². The highest BCUT2D eigenvalue weighted by Gasteiger charge is 2.21. The van der Waals surface area contributed by atoms with Gasteiger partial charge >= 0.3 is 0 Å². The van der Waals surface area contributed by atoms with Gasteiger partial charge in [0.1, 0.15) is 0 Å². The number of carbonyl (C=O) groups excluding carboxylic acids is 2. The predicted octanol–water partition coefficient (Wildman–Crippen LogP) is 1.96. The Morgan fingerprint density at radius 1 is 1.12 bits per heavy atom. The van der Waals surface area contributed by atoms with Crippen LogP contribution in [-0.4, -0.2) is 18.6 Å². The average molecular weight is 217 g/mol. The van der Waals surface area contributed by atoms with E-state index >= 15 is 0 Å². The molecule has 0 bridgehead atoms. The van der Waals surface area contributed by atoms with Gasteiger partial charge in [-0.05, 0) is 25.1 Å². The number of fused-ring (bicyclic) bond motifs is 1. The first-order valence-electron chi connectivity index (χ1n) is 5.56. The summed E-state index contributed by atoms with van der Waals surface area (Å²) in [6, 6.07) is 5.54. The summed E-state index contributed by atoms with van der Waals surface area (Å²) < 4.78 is 0. The van der Waals surface area contributed by atoms with E-state index in [-0.39, 0.29) is 11.6 Å². The second-order valence-electron chi connectivity index (χ2n) is 4.11. The molecule has 16 heavy (non-hydrogen) atoms. The van der Waals surface area contributed by atoms with E-state index in [0.29, 0.717) is 30.4 Å². The predicted molar refractivity (Wildman–Crippen MR) is 61.7 cm³/mol. The SMILES string of the molecule is CNCc1ccc2c(c1)C(=O)CCCC2=O.